The van der Waals surface area contributed by atoms with E-state index in [-0.39, 0.29) is 5.91 Å². The van der Waals surface area contributed by atoms with Crippen molar-refractivity contribution in [2.45, 2.75) is 13.8 Å². The Hall–Kier alpha value is -1.81. The second-order valence-electron chi connectivity index (χ2n) is 4.29. The fourth-order valence-corrected chi connectivity index (χ4v) is 1.48. The summed E-state index contributed by atoms with van der Waals surface area (Å²) in [6, 6.07) is 5.31. The molecule has 0 unspecified atom stereocenters. The largest absolute Gasteiger partial charge is 0.398 e. The average molecular weight is 248 g/mol. The Balaban J connectivity index is 2.41. The minimum absolute atomic E-state index is 0.126. The lowest BCUT2D eigenvalue weighted by Crippen LogP contribution is -2.28. The normalized spacial score (nSPS) is 10.1. The van der Waals surface area contributed by atoms with Crippen molar-refractivity contribution >= 4 is 11.6 Å². The standard InChI is InChI=1S/C14H20N2O2/c1-10(2)9-18-8-7-16-14(17)12-5-4-6-13(15)11(12)3/h4-6H,1,7-9,15H2,2-3H3,(H,16,17). The zero-order valence-electron chi connectivity index (χ0n) is 11.0. The maximum absolute atomic E-state index is 11.9. The summed E-state index contributed by atoms with van der Waals surface area (Å²) < 4.78 is 5.30. The highest BCUT2D eigenvalue weighted by molar-refractivity contribution is 5.96. The zero-order chi connectivity index (χ0) is 13.5. The van der Waals surface area contributed by atoms with Gasteiger partial charge in [0.15, 0.2) is 0 Å². The number of nitrogens with two attached hydrogens (primary N) is 1. The van der Waals surface area contributed by atoms with Gasteiger partial charge in [0.05, 0.1) is 13.2 Å². The molecule has 0 aliphatic rings. The third kappa shape index (κ3) is 4.22. The molecule has 0 fully saturated rings. The molecular weight excluding hydrogens is 228 g/mol. The van der Waals surface area contributed by atoms with Gasteiger partial charge in [-0.05, 0) is 31.5 Å². The van der Waals surface area contributed by atoms with Crippen molar-refractivity contribution in [3.63, 3.8) is 0 Å². The van der Waals surface area contributed by atoms with Crippen molar-refractivity contribution in [2.75, 3.05) is 25.5 Å². The second kappa shape index (κ2) is 6.81. The number of amides is 1. The Morgan fingerprint density at radius 2 is 2.22 bits per heavy atom. The Morgan fingerprint density at radius 1 is 1.50 bits per heavy atom. The van der Waals surface area contributed by atoms with Crippen LogP contribution in [0.2, 0.25) is 0 Å². The van der Waals surface area contributed by atoms with Crippen molar-refractivity contribution in [1.82, 2.24) is 5.32 Å². The maximum Gasteiger partial charge on any atom is 0.251 e. The molecule has 18 heavy (non-hydrogen) atoms. The van der Waals surface area contributed by atoms with E-state index in [4.69, 9.17) is 10.5 Å². The van der Waals surface area contributed by atoms with Crippen LogP contribution in [0.15, 0.2) is 30.4 Å². The number of nitrogens with one attached hydrogen (secondary N) is 1. The second-order valence-corrected chi connectivity index (χ2v) is 4.29. The highest BCUT2D eigenvalue weighted by atomic mass is 16.5. The molecule has 0 bridgehead atoms. The first-order chi connectivity index (χ1) is 8.52. The Kier molecular flexibility index (Phi) is 5.39. The van der Waals surface area contributed by atoms with E-state index in [9.17, 15) is 4.79 Å². The molecule has 1 aromatic carbocycles. The number of carbonyl (C=O) groups excluding carboxylic acids is 1. The summed E-state index contributed by atoms with van der Waals surface area (Å²) in [5, 5.41) is 2.79. The Bertz CT molecular complexity index is 441. The summed E-state index contributed by atoms with van der Waals surface area (Å²) in [7, 11) is 0. The van der Waals surface area contributed by atoms with E-state index in [2.05, 4.69) is 11.9 Å². The molecule has 4 heteroatoms. The van der Waals surface area contributed by atoms with E-state index < -0.39 is 0 Å². The highest BCUT2D eigenvalue weighted by Crippen LogP contribution is 2.14. The number of nitrogen functional groups attached to an aromatic ring is 1. The van der Waals surface area contributed by atoms with Gasteiger partial charge in [0.25, 0.3) is 5.91 Å². The van der Waals surface area contributed by atoms with Gasteiger partial charge in [-0.15, -0.1) is 0 Å². The molecule has 0 saturated heterocycles. The summed E-state index contributed by atoms with van der Waals surface area (Å²) in [5.74, 6) is -0.126. The third-order valence-corrected chi connectivity index (χ3v) is 2.50. The summed E-state index contributed by atoms with van der Waals surface area (Å²) in [4.78, 5) is 11.9. The molecule has 0 aliphatic carbocycles. The lowest BCUT2D eigenvalue weighted by Gasteiger charge is -2.09. The Labute approximate surface area is 108 Å². The number of carbonyl (C=O) groups is 1. The SMILES string of the molecule is C=C(C)COCCNC(=O)c1cccc(N)c1C. The van der Waals surface area contributed by atoms with Gasteiger partial charge in [-0.2, -0.15) is 0 Å². The van der Waals surface area contributed by atoms with E-state index in [0.717, 1.165) is 11.1 Å². The minimum atomic E-state index is -0.126. The van der Waals surface area contributed by atoms with Crippen molar-refractivity contribution in [3.05, 3.63) is 41.5 Å². The van der Waals surface area contributed by atoms with Gasteiger partial charge in [0.1, 0.15) is 0 Å². The predicted octanol–water partition coefficient (Wildman–Crippen LogP) is 1.90. The van der Waals surface area contributed by atoms with Crippen molar-refractivity contribution in [2.24, 2.45) is 0 Å². The first-order valence-corrected chi connectivity index (χ1v) is 5.87. The maximum atomic E-state index is 11.9. The number of benzene rings is 1. The van der Waals surface area contributed by atoms with Gasteiger partial charge in [-0.1, -0.05) is 18.2 Å². The number of hydrogen-bond acceptors (Lipinski definition) is 3. The molecule has 0 spiro atoms. The van der Waals surface area contributed by atoms with Crippen LogP contribution in [0.1, 0.15) is 22.8 Å². The van der Waals surface area contributed by atoms with Crippen molar-refractivity contribution < 1.29 is 9.53 Å². The van der Waals surface area contributed by atoms with E-state index in [0.29, 0.717) is 31.0 Å². The lowest BCUT2D eigenvalue weighted by atomic mass is 10.1. The van der Waals surface area contributed by atoms with Crippen LogP contribution in [-0.4, -0.2) is 25.7 Å². The van der Waals surface area contributed by atoms with Crippen LogP contribution >= 0.6 is 0 Å². The molecule has 4 nitrogen and oxygen atoms in total. The topological polar surface area (TPSA) is 64.3 Å². The van der Waals surface area contributed by atoms with Crippen molar-refractivity contribution in [3.8, 4) is 0 Å². The molecule has 1 rings (SSSR count). The van der Waals surface area contributed by atoms with Crippen LogP contribution in [0.5, 0.6) is 0 Å². The zero-order valence-corrected chi connectivity index (χ0v) is 11.0. The molecule has 0 radical (unpaired) electrons. The van der Waals surface area contributed by atoms with Crippen LogP contribution in [-0.2, 0) is 4.74 Å². The summed E-state index contributed by atoms with van der Waals surface area (Å²) in [6.45, 7) is 8.93. The number of anilines is 1. The van der Waals surface area contributed by atoms with Crippen molar-refractivity contribution in [1.29, 1.82) is 0 Å². The molecule has 0 saturated carbocycles. The average Bonchev–Trinajstić information content (AvgIpc) is 2.31. The van der Waals surface area contributed by atoms with E-state index in [1.807, 2.05) is 13.8 Å². The summed E-state index contributed by atoms with van der Waals surface area (Å²) >= 11 is 0. The molecular formula is C14H20N2O2. The fraction of sp³-hybridized carbons (Fsp3) is 0.357. The predicted molar refractivity (Wildman–Crippen MR) is 73.6 cm³/mol. The first-order valence-electron chi connectivity index (χ1n) is 5.87. The highest BCUT2D eigenvalue weighted by Gasteiger charge is 2.09. The van der Waals surface area contributed by atoms with Crippen LogP contribution in [0.4, 0.5) is 5.69 Å². The molecule has 0 aliphatic heterocycles. The van der Waals surface area contributed by atoms with Gasteiger partial charge in [0, 0.05) is 17.8 Å². The van der Waals surface area contributed by atoms with Gasteiger partial charge < -0.3 is 15.8 Å². The molecule has 0 aromatic heterocycles. The van der Waals surface area contributed by atoms with E-state index >= 15 is 0 Å². The molecule has 98 valence electrons. The van der Waals surface area contributed by atoms with Gasteiger partial charge in [-0.25, -0.2) is 0 Å². The van der Waals surface area contributed by atoms with Crippen LogP contribution < -0.4 is 11.1 Å². The summed E-state index contributed by atoms with van der Waals surface area (Å²) in [6.07, 6.45) is 0. The van der Waals surface area contributed by atoms with E-state index in [1.54, 1.807) is 18.2 Å². The van der Waals surface area contributed by atoms with Crippen LogP contribution in [0, 0.1) is 6.92 Å². The van der Waals surface area contributed by atoms with Crippen LogP contribution in [0.25, 0.3) is 0 Å². The molecule has 1 aromatic rings. The van der Waals surface area contributed by atoms with Gasteiger partial charge in [-0.3, -0.25) is 4.79 Å². The van der Waals surface area contributed by atoms with Gasteiger partial charge >= 0.3 is 0 Å². The smallest absolute Gasteiger partial charge is 0.251 e. The van der Waals surface area contributed by atoms with E-state index in [1.165, 1.54) is 0 Å². The monoisotopic (exact) mass is 248 g/mol. The molecule has 3 N–H and O–H groups in total. The number of ether oxygens (including phenoxy) is 1. The lowest BCUT2D eigenvalue weighted by molar-refractivity contribution is 0.0926. The van der Waals surface area contributed by atoms with Crippen LogP contribution in [0.3, 0.4) is 0 Å². The first kappa shape index (κ1) is 14.3. The molecule has 0 atom stereocenters. The fourth-order valence-electron chi connectivity index (χ4n) is 1.48. The quantitative estimate of drug-likeness (QED) is 0.459. The minimum Gasteiger partial charge on any atom is -0.398 e. The summed E-state index contributed by atoms with van der Waals surface area (Å²) in [5.41, 5.74) is 8.76. The third-order valence-electron chi connectivity index (χ3n) is 2.50. The molecule has 1 amide bonds. The number of hydrogen-bond donors (Lipinski definition) is 2. The molecule has 0 heterocycles. The Morgan fingerprint density at radius 3 is 2.89 bits per heavy atom. The van der Waals surface area contributed by atoms with Gasteiger partial charge in [0.2, 0.25) is 0 Å². The number of rotatable bonds is 6.